The van der Waals surface area contributed by atoms with E-state index in [1.54, 1.807) is 0 Å². The Labute approximate surface area is 113 Å². The maximum Gasteiger partial charge on any atom is 0.0534 e. The van der Waals surface area contributed by atoms with Gasteiger partial charge in [-0.05, 0) is 25.5 Å². The normalized spacial score (nSPS) is 12.6. The Kier molecular flexibility index (Phi) is 4.39. The molecule has 1 N–H and O–H groups in total. The monoisotopic (exact) mass is 263 g/mol. The highest BCUT2D eigenvalue weighted by atomic mass is 35.5. The number of benzene rings is 1. The molecule has 1 heterocycles. The van der Waals surface area contributed by atoms with E-state index in [9.17, 15) is 0 Å². The highest BCUT2D eigenvalue weighted by Crippen LogP contribution is 2.22. The Morgan fingerprint density at radius 2 is 2.17 bits per heavy atom. The average Bonchev–Trinajstić information content (AvgIpc) is 2.84. The Morgan fingerprint density at radius 1 is 1.39 bits per heavy atom. The maximum absolute atomic E-state index is 6.17. The van der Waals surface area contributed by atoms with Gasteiger partial charge >= 0.3 is 0 Å². The first-order chi connectivity index (χ1) is 8.70. The predicted molar refractivity (Wildman–Crippen MR) is 74.6 cm³/mol. The summed E-state index contributed by atoms with van der Waals surface area (Å²) in [6.07, 6.45) is 3.96. The van der Waals surface area contributed by atoms with Crippen molar-refractivity contribution in [2.75, 3.05) is 0 Å². The highest BCUT2D eigenvalue weighted by molar-refractivity contribution is 6.31. The maximum atomic E-state index is 6.17. The van der Waals surface area contributed by atoms with Gasteiger partial charge in [0.25, 0.3) is 0 Å². The third-order valence-corrected chi connectivity index (χ3v) is 3.34. The molecule has 1 unspecified atom stereocenters. The Hall–Kier alpha value is -1.32. The van der Waals surface area contributed by atoms with Crippen LogP contribution in [-0.2, 0) is 13.1 Å². The van der Waals surface area contributed by atoms with Gasteiger partial charge in [0, 0.05) is 35.9 Å². The molecule has 0 saturated carbocycles. The molecule has 0 aliphatic rings. The van der Waals surface area contributed by atoms with Crippen LogP contribution in [0.25, 0.3) is 0 Å². The van der Waals surface area contributed by atoms with Gasteiger partial charge in [-0.1, -0.05) is 29.8 Å². The number of aromatic nitrogens is 2. The molecule has 1 atom stereocenters. The molecule has 1 aromatic carbocycles. The van der Waals surface area contributed by atoms with Crippen molar-refractivity contribution in [3.63, 3.8) is 0 Å². The van der Waals surface area contributed by atoms with Crippen LogP contribution in [0.1, 0.15) is 31.0 Å². The second-order valence-electron chi connectivity index (χ2n) is 4.33. The van der Waals surface area contributed by atoms with Gasteiger partial charge in [0.15, 0.2) is 0 Å². The van der Waals surface area contributed by atoms with E-state index in [1.807, 2.05) is 29.1 Å². The molecule has 0 amide bonds. The average molecular weight is 264 g/mol. The molecule has 3 nitrogen and oxygen atoms in total. The van der Waals surface area contributed by atoms with Crippen molar-refractivity contribution in [3.05, 3.63) is 52.8 Å². The quantitative estimate of drug-likeness (QED) is 0.896. The Balaban J connectivity index is 1.96. The lowest BCUT2D eigenvalue weighted by molar-refractivity contribution is 0.574. The molecule has 4 heteroatoms. The molecule has 0 fully saturated rings. The van der Waals surface area contributed by atoms with Gasteiger partial charge in [0.1, 0.15) is 0 Å². The molecule has 18 heavy (non-hydrogen) atoms. The summed E-state index contributed by atoms with van der Waals surface area (Å²) in [6, 6.07) is 8.15. The summed E-state index contributed by atoms with van der Waals surface area (Å²) in [7, 11) is 0. The van der Waals surface area contributed by atoms with Crippen LogP contribution < -0.4 is 5.32 Å². The van der Waals surface area contributed by atoms with Crippen molar-refractivity contribution in [2.45, 2.75) is 33.0 Å². The molecular formula is C14H18ClN3. The van der Waals surface area contributed by atoms with E-state index in [1.165, 1.54) is 5.56 Å². The van der Waals surface area contributed by atoms with Gasteiger partial charge in [0.05, 0.1) is 6.20 Å². The molecule has 2 aromatic rings. The van der Waals surface area contributed by atoms with E-state index in [-0.39, 0.29) is 6.04 Å². The minimum atomic E-state index is 0.226. The molecule has 0 spiro atoms. The Bertz CT molecular complexity index is 507. The van der Waals surface area contributed by atoms with Crippen LogP contribution in [0.15, 0.2) is 36.7 Å². The van der Waals surface area contributed by atoms with Crippen LogP contribution in [0.2, 0.25) is 5.02 Å². The summed E-state index contributed by atoms with van der Waals surface area (Å²) < 4.78 is 1.93. The van der Waals surface area contributed by atoms with Gasteiger partial charge in [-0.2, -0.15) is 5.10 Å². The lowest BCUT2D eigenvalue weighted by Crippen LogP contribution is -2.18. The van der Waals surface area contributed by atoms with Crippen molar-refractivity contribution < 1.29 is 0 Å². The zero-order valence-corrected chi connectivity index (χ0v) is 11.5. The molecule has 1 aromatic heterocycles. The van der Waals surface area contributed by atoms with Crippen LogP contribution in [0.5, 0.6) is 0 Å². The molecule has 0 aliphatic heterocycles. The number of nitrogens with one attached hydrogen (secondary N) is 1. The first-order valence-corrected chi connectivity index (χ1v) is 6.57. The van der Waals surface area contributed by atoms with Crippen LogP contribution >= 0.6 is 11.6 Å². The number of nitrogens with zero attached hydrogens (tertiary/aromatic N) is 2. The van der Waals surface area contributed by atoms with Crippen LogP contribution in [0.4, 0.5) is 0 Å². The van der Waals surface area contributed by atoms with Gasteiger partial charge in [0.2, 0.25) is 0 Å². The molecule has 2 rings (SSSR count). The minimum Gasteiger partial charge on any atom is -0.306 e. The van der Waals surface area contributed by atoms with Gasteiger partial charge in [-0.15, -0.1) is 0 Å². The van der Waals surface area contributed by atoms with E-state index >= 15 is 0 Å². The summed E-state index contributed by atoms with van der Waals surface area (Å²) in [4.78, 5) is 0. The lowest BCUT2D eigenvalue weighted by Gasteiger charge is -2.14. The Morgan fingerprint density at radius 3 is 2.83 bits per heavy atom. The topological polar surface area (TPSA) is 29.9 Å². The van der Waals surface area contributed by atoms with E-state index in [2.05, 4.69) is 36.5 Å². The van der Waals surface area contributed by atoms with Crippen molar-refractivity contribution >= 4 is 11.6 Å². The van der Waals surface area contributed by atoms with Crippen molar-refractivity contribution in [2.24, 2.45) is 0 Å². The molecular weight excluding hydrogens is 246 g/mol. The molecule has 0 bridgehead atoms. The molecule has 96 valence electrons. The standard InChI is InChI=1S/C14H18ClN3/c1-3-18-10-12(9-17-18)8-16-11(2)13-6-4-5-7-14(13)15/h4-7,9-11,16H,3,8H2,1-2H3. The summed E-state index contributed by atoms with van der Waals surface area (Å²) in [5.41, 5.74) is 2.32. The molecule has 0 saturated heterocycles. The predicted octanol–water partition coefficient (Wildman–Crippen LogP) is 3.41. The summed E-state index contributed by atoms with van der Waals surface area (Å²) in [5, 5.41) is 8.52. The van der Waals surface area contributed by atoms with Crippen molar-refractivity contribution in [3.8, 4) is 0 Å². The summed E-state index contributed by atoms with van der Waals surface area (Å²) in [5.74, 6) is 0. The van der Waals surface area contributed by atoms with Gasteiger partial charge in [-0.25, -0.2) is 0 Å². The minimum absolute atomic E-state index is 0.226. The second kappa shape index (κ2) is 6.03. The number of aryl methyl sites for hydroxylation is 1. The van der Waals surface area contributed by atoms with Crippen LogP contribution in [0.3, 0.4) is 0 Å². The summed E-state index contributed by atoms with van der Waals surface area (Å²) in [6.45, 7) is 5.90. The number of hydrogen-bond acceptors (Lipinski definition) is 2. The van der Waals surface area contributed by atoms with Crippen LogP contribution in [-0.4, -0.2) is 9.78 Å². The van der Waals surface area contributed by atoms with Gasteiger partial charge in [-0.3, -0.25) is 4.68 Å². The first kappa shape index (κ1) is 13.1. The zero-order valence-electron chi connectivity index (χ0n) is 10.7. The number of rotatable bonds is 5. The SMILES string of the molecule is CCn1cc(CNC(C)c2ccccc2Cl)cn1. The smallest absolute Gasteiger partial charge is 0.0534 e. The molecule has 0 aliphatic carbocycles. The zero-order chi connectivity index (χ0) is 13.0. The largest absolute Gasteiger partial charge is 0.306 e. The number of halogens is 1. The van der Waals surface area contributed by atoms with Crippen LogP contribution in [0, 0.1) is 0 Å². The van der Waals surface area contributed by atoms with E-state index in [4.69, 9.17) is 11.6 Å². The summed E-state index contributed by atoms with van der Waals surface area (Å²) >= 11 is 6.17. The number of hydrogen-bond donors (Lipinski definition) is 1. The van der Waals surface area contributed by atoms with E-state index < -0.39 is 0 Å². The lowest BCUT2D eigenvalue weighted by atomic mass is 10.1. The fraction of sp³-hybridized carbons (Fsp3) is 0.357. The second-order valence-corrected chi connectivity index (χ2v) is 4.74. The fourth-order valence-electron chi connectivity index (χ4n) is 1.88. The molecule has 0 radical (unpaired) electrons. The third-order valence-electron chi connectivity index (χ3n) is 2.99. The van der Waals surface area contributed by atoms with Gasteiger partial charge < -0.3 is 5.32 Å². The van der Waals surface area contributed by atoms with Crippen molar-refractivity contribution in [1.29, 1.82) is 0 Å². The van der Waals surface area contributed by atoms with Crippen molar-refractivity contribution in [1.82, 2.24) is 15.1 Å². The van der Waals surface area contributed by atoms with E-state index in [0.717, 1.165) is 23.7 Å². The highest BCUT2D eigenvalue weighted by Gasteiger charge is 2.08. The third kappa shape index (κ3) is 3.12. The fourth-order valence-corrected chi connectivity index (χ4v) is 2.18. The van der Waals surface area contributed by atoms with E-state index in [0.29, 0.717) is 0 Å². The first-order valence-electron chi connectivity index (χ1n) is 6.20.